The standard InChI is InChI=1S/C13H18N2O3/c16-8-7-15(11-3-1-2-4-11)13(18)10-5-6-12(17)14-9-10/h5-6,9,11,16H,1-4,7-8H2,(H,14,17). The number of carbonyl (C=O) groups excluding carboxylic acids is 1. The molecule has 0 unspecified atom stereocenters. The molecule has 18 heavy (non-hydrogen) atoms. The molecular weight excluding hydrogens is 232 g/mol. The molecule has 0 saturated heterocycles. The molecule has 1 aliphatic carbocycles. The number of hydrogen-bond acceptors (Lipinski definition) is 3. The number of aliphatic hydroxyl groups excluding tert-OH is 1. The first-order valence-electron chi connectivity index (χ1n) is 6.33. The van der Waals surface area contributed by atoms with Crippen molar-refractivity contribution < 1.29 is 9.90 Å². The highest BCUT2D eigenvalue weighted by molar-refractivity contribution is 5.94. The van der Waals surface area contributed by atoms with Gasteiger partial charge in [0.1, 0.15) is 0 Å². The van der Waals surface area contributed by atoms with Crippen LogP contribution in [-0.2, 0) is 0 Å². The van der Waals surface area contributed by atoms with Crippen LogP contribution in [-0.4, -0.2) is 40.1 Å². The Balaban J connectivity index is 2.16. The van der Waals surface area contributed by atoms with Crippen LogP contribution in [0.2, 0.25) is 0 Å². The maximum atomic E-state index is 12.3. The topological polar surface area (TPSA) is 73.4 Å². The van der Waals surface area contributed by atoms with E-state index in [0.717, 1.165) is 25.7 Å². The van der Waals surface area contributed by atoms with Crippen LogP contribution >= 0.6 is 0 Å². The van der Waals surface area contributed by atoms with Crippen molar-refractivity contribution in [3.8, 4) is 0 Å². The predicted octanol–water partition coefficient (Wildman–Crippen LogP) is 0.752. The minimum absolute atomic E-state index is 0.0361. The summed E-state index contributed by atoms with van der Waals surface area (Å²) in [5.41, 5.74) is 0.246. The zero-order chi connectivity index (χ0) is 13.0. The van der Waals surface area contributed by atoms with E-state index >= 15 is 0 Å². The molecule has 0 radical (unpaired) electrons. The van der Waals surface area contributed by atoms with Crippen LogP contribution < -0.4 is 5.56 Å². The highest BCUT2D eigenvalue weighted by Crippen LogP contribution is 2.24. The van der Waals surface area contributed by atoms with Gasteiger partial charge < -0.3 is 15.0 Å². The number of H-pyrrole nitrogens is 1. The Kier molecular flexibility index (Phi) is 4.15. The van der Waals surface area contributed by atoms with E-state index in [-0.39, 0.29) is 24.1 Å². The van der Waals surface area contributed by atoms with Crippen molar-refractivity contribution in [1.82, 2.24) is 9.88 Å². The summed E-state index contributed by atoms with van der Waals surface area (Å²) in [7, 11) is 0. The molecule has 2 N–H and O–H groups in total. The molecule has 0 bridgehead atoms. The van der Waals surface area contributed by atoms with Crippen LogP contribution in [0.3, 0.4) is 0 Å². The maximum absolute atomic E-state index is 12.3. The second-order valence-corrected chi connectivity index (χ2v) is 4.60. The minimum Gasteiger partial charge on any atom is -0.395 e. The quantitative estimate of drug-likeness (QED) is 0.828. The van der Waals surface area contributed by atoms with Crippen molar-refractivity contribution in [2.24, 2.45) is 0 Å². The molecule has 98 valence electrons. The summed E-state index contributed by atoms with van der Waals surface area (Å²) in [6.45, 7) is 0.314. The third-order valence-corrected chi connectivity index (χ3v) is 3.40. The van der Waals surface area contributed by atoms with Gasteiger partial charge in [-0.3, -0.25) is 9.59 Å². The fourth-order valence-corrected chi connectivity index (χ4v) is 2.48. The van der Waals surface area contributed by atoms with Crippen molar-refractivity contribution in [1.29, 1.82) is 0 Å². The molecule has 1 saturated carbocycles. The first-order valence-corrected chi connectivity index (χ1v) is 6.33. The number of nitrogens with one attached hydrogen (secondary N) is 1. The summed E-state index contributed by atoms with van der Waals surface area (Å²) in [4.78, 5) is 27.5. The van der Waals surface area contributed by atoms with Crippen molar-refractivity contribution in [3.63, 3.8) is 0 Å². The van der Waals surface area contributed by atoms with E-state index in [1.807, 2.05) is 0 Å². The number of nitrogens with zero attached hydrogens (tertiary/aromatic N) is 1. The van der Waals surface area contributed by atoms with E-state index in [1.165, 1.54) is 18.3 Å². The van der Waals surface area contributed by atoms with Gasteiger partial charge in [-0.15, -0.1) is 0 Å². The highest BCUT2D eigenvalue weighted by atomic mass is 16.3. The van der Waals surface area contributed by atoms with Gasteiger partial charge in [-0.05, 0) is 18.9 Å². The molecule has 0 aliphatic heterocycles. The van der Waals surface area contributed by atoms with Crippen molar-refractivity contribution in [2.45, 2.75) is 31.7 Å². The van der Waals surface area contributed by atoms with Crippen molar-refractivity contribution in [3.05, 3.63) is 34.2 Å². The molecule has 1 fully saturated rings. The fraction of sp³-hybridized carbons (Fsp3) is 0.538. The molecule has 1 heterocycles. The van der Waals surface area contributed by atoms with Crippen LogP contribution in [0.1, 0.15) is 36.0 Å². The Morgan fingerprint density at radius 1 is 1.39 bits per heavy atom. The number of rotatable bonds is 4. The smallest absolute Gasteiger partial charge is 0.255 e. The average Bonchev–Trinajstić information content (AvgIpc) is 2.90. The average molecular weight is 250 g/mol. The lowest BCUT2D eigenvalue weighted by atomic mass is 10.1. The van der Waals surface area contributed by atoms with Gasteiger partial charge in [0.2, 0.25) is 5.56 Å². The van der Waals surface area contributed by atoms with Crippen molar-refractivity contribution in [2.75, 3.05) is 13.2 Å². The van der Waals surface area contributed by atoms with E-state index in [9.17, 15) is 9.59 Å². The molecule has 5 nitrogen and oxygen atoms in total. The lowest BCUT2D eigenvalue weighted by Gasteiger charge is -2.28. The van der Waals surface area contributed by atoms with Gasteiger partial charge in [-0.1, -0.05) is 12.8 Å². The lowest BCUT2D eigenvalue weighted by Crippen LogP contribution is -2.40. The monoisotopic (exact) mass is 250 g/mol. The normalized spacial score (nSPS) is 15.8. The molecule has 2 rings (SSSR count). The summed E-state index contributed by atoms with van der Waals surface area (Å²) < 4.78 is 0. The molecule has 0 spiro atoms. The Morgan fingerprint density at radius 2 is 2.11 bits per heavy atom. The Morgan fingerprint density at radius 3 is 2.67 bits per heavy atom. The summed E-state index contributed by atoms with van der Waals surface area (Å²) in [5, 5.41) is 9.09. The van der Waals surface area contributed by atoms with Gasteiger partial charge in [-0.25, -0.2) is 0 Å². The Hall–Kier alpha value is -1.62. The molecule has 0 aromatic carbocycles. The van der Waals surface area contributed by atoms with Gasteiger partial charge in [0.25, 0.3) is 5.91 Å². The van der Waals surface area contributed by atoms with E-state index in [0.29, 0.717) is 12.1 Å². The van der Waals surface area contributed by atoms with Gasteiger partial charge in [0, 0.05) is 24.8 Å². The Bertz CT molecular complexity index is 443. The van der Waals surface area contributed by atoms with Gasteiger partial charge in [0.05, 0.1) is 12.2 Å². The SMILES string of the molecule is O=C(c1ccc(=O)[nH]c1)N(CCO)C1CCCC1. The highest BCUT2D eigenvalue weighted by Gasteiger charge is 2.26. The van der Waals surface area contributed by atoms with Crippen LogP contribution in [0.4, 0.5) is 0 Å². The van der Waals surface area contributed by atoms with E-state index in [1.54, 1.807) is 4.90 Å². The second-order valence-electron chi connectivity index (χ2n) is 4.60. The molecule has 1 amide bonds. The second kappa shape index (κ2) is 5.82. The molecule has 1 aromatic rings. The molecule has 0 atom stereocenters. The van der Waals surface area contributed by atoms with Gasteiger partial charge >= 0.3 is 0 Å². The van der Waals surface area contributed by atoms with Crippen LogP contribution in [0.5, 0.6) is 0 Å². The molecule has 1 aliphatic rings. The van der Waals surface area contributed by atoms with Crippen LogP contribution in [0.25, 0.3) is 0 Å². The number of carbonyl (C=O) groups is 1. The molecular formula is C13H18N2O3. The molecule has 5 heteroatoms. The summed E-state index contributed by atoms with van der Waals surface area (Å²) in [6.07, 6.45) is 5.69. The van der Waals surface area contributed by atoms with E-state index in [4.69, 9.17) is 5.11 Å². The van der Waals surface area contributed by atoms with Crippen molar-refractivity contribution >= 4 is 5.91 Å². The van der Waals surface area contributed by atoms with E-state index in [2.05, 4.69) is 4.98 Å². The first kappa shape index (κ1) is 12.8. The number of amides is 1. The Labute approximate surface area is 105 Å². The van der Waals surface area contributed by atoms with Crippen LogP contribution in [0.15, 0.2) is 23.1 Å². The zero-order valence-electron chi connectivity index (χ0n) is 10.3. The summed E-state index contributed by atoms with van der Waals surface area (Å²) in [5.74, 6) is -0.118. The zero-order valence-corrected chi connectivity index (χ0v) is 10.3. The van der Waals surface area contributed by atoms with Gasteiger partial charge in [0.15, 0.2) is 0 Å². The van der Waals surface area contributed by atoms with E-state index < -0.39 is 0 Å². The molecule has 1 aromatic heterocycles. The number of aromatic amines is 1. The number of hydrogen-bond donors (Lipinski definition) is 2. The largest absolute Gasteiger partial charge is 0.395 e. The summed E-state index contributed by atoms with van der Waals surface area (Å²) in [6, 6.07) is 3.09. The fourth-order valence-electron chi connectivity index (χ4n) is 2.48. The predicted molar refractivity (Wildman–Crippen MR) is 67.4 cm³/mol. The lowest BCUT2D eigenvalue weighted by molar-refractivity contribution is 0.0637. The minimum atomic E-state index is -0.221. The first-order chi connectivity index (χ1) is 8.72. The summed E-state index contributed by atoms with van der Waals surface area (Å²) >= 11 is 0. The number of aromatic nitrogens is 1. The number of pyridine rings is 1. The number of aliphatic hydroxyl groups is 1. The maximum Gasteiger partial charge on any atom is 0.255 e. The van der Waals surface area contributed by atoms with Crippen LogP contribution in [0, 0.1) is 0 Å². The third kappa shape index (κ3) is 2.79. The third-order valence-electron chi connectivity index (χ3n) is 3.40. The van der Waals surface area contributed by atoms with Gasteiger partial charge in [-0.2, -0.15) is 0 Å².